The average Bonchev–Trinajstić information content (AvgIpc) is 3.09. The lowest BCUT2D eigenvalue weighted by molar-refractivity contribution is 0.0724. The first kappa shape index (κ1) is 13.7. The van der Waals surface area contributed by atoms with Gasteiger partial charge in [-0.15, -0.1) is 0 Å². The van der Waals surface area contributed by atoms with E-state index in [2.05, 4.69) is 17.2 Å². The van der Waals surface area contributed by atoms with Crippen molar-refractivity contribution < 1.29 is 4.79 Å². The number of fused-ring (bicyclic) bond motifs is 1. The van der Waals surface area contributed by atoms with Crippen molar-refractivity contribution in [1.82, 2.24) is 14.7 Å². The standard InChI is InChI=1S/C16H20N4O/c1-3-20-10-13(17)15(18-20)16(21)19(2)14-9-8-11-6-4-5-7-12(11)14/h4-7,10,14H,3,8-9,17H2,1-2H3. The van der Waals surface area contributed by atoms with E-state index in [1.807, 2.05) is 26.1 Å². The summed E-state index contributed by atoms with van der Waals surface area (Å²) in [6.07, 6.45) is 3.68. The zero-order chi connectivity index (χ0) is 15.0. The van der Waals surface area contributed by atoms with E-state index < -0.39 is 0 Å². The van der Waals surface area contributed by atoms with E-state index in [1.165, 1.54) is 11.1 Å². The van der Waals surface area contributed by atoms with Gasteiger partial charge in [0.05, 0.1) is 11.7 Å². The molecule has 0 saturated heterocycles. The molecule has 1 aromatic heterocycles. The number of carbonyl (C=O) groups is 1. The van der Waals surface area contributed by atoms with Crippen molar-refractivity contribution in [3.05, 3.63) is 47.3 Å². The molecule has 5 heteroatoms. The second-order valence-electron chi connectivity index (χ2n) is 5.46. The Morgan fingerprint density at radius 3 is 2.95 bits per heavy atom. The third-order valence-electron chi connectivity index (χ3n) is 4.21. The molecule has 2 N–H and O–H groups in total. The highest BCUT2D eigenvalue weighted by molar-refractivity contribution is 5.97. The molecule has 3 rings (SSSR count). The fourth-order valence-corrected chi connectivity index (χ4v) is 3.01. The Balaban J connectivity index is 1.87. The van der Waals surface area contributed by atoms with Crippen LogP contribution in [0.15, 0.2) is 30.5 Å². The number of hydrogen-bond donors (Lipinski definition) is 1. The van der Waals surface area contributed by atoms with E-state index in [4.69, 9.17) is 5.73 Å². The van der Waals surface area contributed by atoms with Crippen LogP contribution in [0.3, 0.4) is 0 Å². The van der Waals surface area contributed by atoms with Gasteiger partial charge in [0, 0.05) is 19.8 Å². The van der Waals surface area contributed by atoms with Gasteiger partial charge in [-0.3, -0.25) is 9.48 Å². The lowest BCUT2D eigenvalue weighted by Crippen LogP contribution is -2.31. The molecule has 1 unspecified atom stereocenters. The summed E-state index contributed by atoms with van der Waals surface area (Å²) in [6.45, 7) is 2.67. The van der Waals surface area contributed by atoms with Crippen LogP contribution in [0.4, 0.5) is 5.69 Å². The monoisotopic (exact) mass is 284 g/mol. The molecule has 0 saturated carbocycles. The van der Waals surface area contributed by atoms with Crippen LogP contribution in [0.5, 0.6) is 0 Å². The van der Waals surface area contributed by atoms with Gasteiger partial charge < -0.3 is 10.6 Å². The minimum atomic E-state index is -0.110. The molecule has 1 aliphatic carbocycles. The van der Waals surface area contributed by atoms with Gasteiger partial charge in [0.2, 0.25) is 0 Å². The van der Waals surface area contributed by atoms with E-state index in [-0.39, 0.29) is 11.9 Å². The van der Waals surface area contributed by atoms with E-state index in [1.54, 1.807) is 15.8 Å². The minimum Gasteiger partial charge on any atom is -0.396 e. The summed E-state index contributed by atoms with van der Waals surface area (Å²) in [4.78, 5) is 14.4. The van der Waals surface area contributed by atoms with Gasteiger partial charge in [-0.25, -0.2) is 0 Å². The molecule has 1 aromatic carbocycles. The second-order valence-corrected chi connectivity index (χ2v) is 5.46. The summed E-state index contributed by atoms with van der Waals surface area (Å²) in [5.41, 5.74) is 9.28. The molecule has 0 spiro atoms. The topological polar surface area (TPSA) is 64.2 Å². The second kappa shape index (κ2) is 5.24. The highest BCUT2D eigenvalue weighted by Gasteiger charge is 2.30. The van der Waals surface area contributed by atoms with Gasteiger partial charge in [0.25, 0.3) is 5.91 Å². The number of nitrogens with two attached hydrogens (primary N) is 1. The summed E-state index contributed by atoms with van der Waals surface area (Å²) < 4.78 is 1.69. The van der Waals surface area contributed by atoms with Crippen LogP contribution in [-0.4, -0.2) is 27.6 Å². The first-order valence-corrected chi connectivity index (χ1v) is 7.29. The summed E-state index contributed by atoms with van der Waals surface area (Å²) >= 11 is 0. The average molecular weight is 284 g/mol. The zero-order valence-electron chi connectivity index (χ0n) is 12.4. The first-order chi connectivity index (χ1) is 10.1. The van der Waals surface area contributed by atoms with Gasteiger partial charge in [0.1, 0.15) is 0 Å². The summed E-state index contributed by atoms with van der Waals surface area (Å²) in [5.74, 6) is -0.110. The number of aromatic nitrogens is 2. The maximum Gasteiger partial charge on any atom is 0.276 e. The molecule has 0 bridgehead atoms. The van der Waals surface area contributed by atoms with Gasteiger partial charge in [-0.2, -0.15) is 5.10 Å². The number of rotatable bonds is 3. The molecular weight excluding hydrogens is 264 g/mol. The van der Waals surface area contributed by atoms with Crippen molar-refractivity contribution >= 4 is 11.6 Å². The molecule has 1 atom stereocenters. The number of benzene rings is 1. The molecule has 110 valence electrons. The van der Waals surface area contributed by atoms with Crippen molar-refractivity contribution in [2.45, 2.75) is 32.4 Å². The molecule has 1 heterocycles. The van der Waals surface area contributed by atoms with E-state index >= 15 is 0 Å². The summed E-state index contributed by atoms with van der Waals surface area (Å²) in [5, 5.41) is 4.28. The van der Waals surface area contributed by atoms with Crippen LogP contribution in [0, 0.1) is 0 Å². The maximum atomic E-state index is 12.7. The SMILES string of the molecule is CCn1cc(N)c(C(=O)N(C)C2CCc3ccccc32)n1. The van der Waals surface area contributed by atoms with Gasteiger partial charge in [-0.05, 0) is 30.9 Å². The Kier molecular flexibility index (Phi) is 3.41. The van der Waals surface area contributed by atoms with Crippen molar-refractivity contribution in [2.24, 2.45) is 0 Å². The fraction of sp³-hybridized carbons (Fsp3) is 0.375. The lowest BCUT2D eigenvalue weighted by atomic mass is 10.1. The minimum absolute atomic E-state index is 0.110. The smallest absolute Gasteiger partial charge is 0.276 e. The van der Waals surface area contributed by atoms with Crippen molar-refractivity contribution in [3.63, 3.8) is 0 Å². The Morgan fingerprint density at radius 1 is 1.48 bits per heavy atom. The first-order valence-electron chi connectivity index (χ1n) is 7.29. The number of anilines is 1. The molecule has 1 aliphatic rings. The van der Waals surface area contributed by atoms with Crippen LogP contribution in [0.2, 0.25) is 0 Å². The van der Waals surface area contributed by atoms with Crippen molar-refractivity contribution in [2.75, 3.05) is 12.8 Å². The molecule has 21 heavy (non-hydrogen) atoms. The van der Waals surface area contributed by atoms with Gasteiger partial charge in [-0.1, -0.05) is 24.3 Å². The molecule has 5 nitrogen and oxygen atoms in total. The number of hydrogen-bond acceptors (Lipinski definition) is 3. The van der Waals surface area contributed by atoms with Crippen LogP contribution < -0.4 is 5.73 Å². The van der Waals surface area contributed by atoms with Crippen molar-refractivity contribution in [1.29, 1.82) is 0 Å². The highest BCUT2D eigenvalue weighted by Crippen LogP contribution is 2.35. The Hall–Kier alpha value is -2.30. The highest BCUT2D eigenvalue weighted by atomic mass is 16.2. The number of nitrogen functional groups attached to an aromatic ring is 1. The Morgan fingerprint density at radius 2 is 2.24 bits per heavy atom. The van der Waals surface area contributed by atoms with E-state index in [9.17, 15) is 4.79 Å². The quantitative estimate of drug-likeness (QED) is 0.940. The number of carbonyl (C=O) groups excluding carboxylic acids is 1. The lowest BCUT2D eigenvalue weighted by Gasteiger charge is -2.24. The molecule has 0 aliphatic heterocycles. The third-order valence-corrected chi connectivity index (χ3v) is 4.21. The largest absolute Gasteiger partial charge is 0.396 e. The number of nitrogens with zero attached hydrogens (tertiary/aromatic N) is 3. The Labute approximate surface area is 124 Å². The summed E-state index contributed by atoms with van der Waals surface area (Å²) in [7, 11) is 1.83. The summed E-state index contributed by atoms with van der Waals surface area (Å²) in [6, 6.07) is 8.41. The van der Waals surface area contributed by atoms with Crippen LogP contribution in [0.25, 0.3) is 0 Å². The third kappa shape index (κ3) is 2.28. The number of aryl methyl sites for hydroxylation is 2. The Bertz CT molecular complexity index is 677. The zero-order valence-corrected chi connectivity index (χ0v) is 12.4. The van der Waals surface area contributed by atoms with E-state index in [0.29, 0.717) is 17.9 Å². The normalized spacial score (nSPS) is 16.8. The number of amides is 1. The molecule has 0 radical (unpaired) electrons. The van der Waals surface area contributed by atoms with Crippen LogP contribution in [0.1, 0.15) is 41.0 Å². The van der Waals surface area contributed by atoms with E-state index in [0.717, 1.165) is 12.8 Å². The molecule has 0 fully saturated rings. The maximum absolute atomic E-state index is 12.7. The van der Waals surface area contributed by atoms with Crippen molar-refractivity contribution in [3.8, 4) is 0 Å². The fourth-order valence-electron chi connectivity index (χ4n) is 3.01. The predicted octanol–water partition coefficient (Wildman–Crippen LogP) is 2.24. The van der Waals surface area contributed by atoms with Crippen LogP contribution in [-0.2, 0) is 13.0 Å². The molecule has 2 aromatic rings. The van der Waals surface area contributed by atoms with Gasteiger partial charge >= 0.3 is 0 Å². The molecule has 1 amide bonds. The molecular formula is C16H20N4O. The van der Waals surface area contributed by atoms with Crippen LogP contribution >= 0.6 is 0 Å². The predicted molar refractivity (Wildman–Crippen MR) is 81.9 cm³/mol. The van der Waals surface area contributed by atoms with Gasteiger partial charge in [0.15, 0.2) is 5.69 Å².